The molecule has 2 amide bonds. The average Bonchev–Trinajstić information content (AvgIpc) is 2.48. The molecule has 2 unspecified atom stereocenters. The Bertz CT molecular complexity index is 369. The minimum absolute atomic E-state index is 0.0980. The summed E-state index contributed by atoms with van der Waals surface area (Å²) in [5.41, 5.74) is 0. The van der Waals surface area contributed by atoms with E-state index in [1.54, 1.807) is 4.90 Å². The zero-order valence-electron chi connectivity index (χ0n) is 12.9. The highest BCUT2D eigenvalue weighted by Crippen LogP contribution is 2.16. The van der Waals surface area contributed by atoms with Gasteiger partial charge in [-0.25, -0.2) is 4.79 Å². The molecule has 6 heteroatoms. The summed E-state index contributed by atoms with van der Waals surface area (Å²) in [4.78, 5) is 27.3. The molecule has 2 rings (SSSR count). The molecule has 2 fully saturated rings. The molecule has 0 bridgehead atoms. The van der Waals surface area contributed by atoms with Gasteiger partial charge in [0.05, 0.1) is 5.92 Å². The summed E-state index contributed by atoms with van der Waals surface area (Å²) in [5, 5.41) is 12.1. The lowest BCUT2D eigenvalue weighted by Crippen LogP contribution is -2.51. The summed E-state index contributed by atoms with van der Waals surface area (Å²) in [7, 11) is 0. The number of urea groups is 1. The van der Waals surface area contributed by atoms with E-state index in [4.69, 9.17) is 5.11 Å². The topological polar surface area (TPSA) is 72.9 Å². The monoisotopic (exact) mass is 297 g/mol. The van der Waals surface area contributed by atoms with Crippen LogP contribution in [0.1, 0.15) is 39.0 Å². The van der Waals surface area contributed by atoms with E-state index >= 15 is 0 Å². The summed E-state index contributed by atoms with van der Waals surface area (Å²) in [6.07, 6.45) is 5.23. The number of hydrogen-bond acceptors (Lipinski definition) is 3. The van der Waals surface area contributed by atoms with Gasteiger partial charge in [0.1, 0.15) is 0 Å². The number of carbonyl (C=O) groups excluding carboxylic acids is 1. The smallest absolute Gasteiger partial charge is 0.317 e. The van der Waals surface area contributed by atoms with Gasteiger partial charge in [0, 0.05) is 25.7 Å². The van der Waals surface area contributed by atoms with E-state index in [-0.39, 0.29) is 12.1 Å². The normalized spacial score (nSPS) is 25.4. The van der Waals surface area contributed by atoms with E-state index < -0.39 is 11.9 Å². The molecular weight excluding hydrogens is 270 g/mol. The van der Waals surface area contributed by atoms with E-state index in [1.165, 1.54) is 19.3 Å². The van der Waals surface area contributed by atoms with Crippen LogP contribution in [0, 0.1) is 5.92 Å². The molecule has 2 saturated heterocycles. The molecule has 2 N–H and O–H groups in total. The quantitative estimate of drug-likeness (QED) is 0.822. The number of aliphatic carboxylic acids is 1. The van der Waals surface area contributed by atoms with Crippen LogP contribution in [0.2, 0.25) is 0 Å². The molecule has 0 spiro atoms. The van der Waals surface area contributed by atoms with E-state index in [2.05, 4.69) is 10.2 Å². The van der Waals surface area contributed by atoms with Crippen molar-refractivity contribution in [2.24, 2.45) is 5.92 Å². The molecule has 2 heterocycles. The first kappa shape index (κ1) is 16.1. The summed E-state index contributed by atoms with van der Waals surface area (Å²) >= 11 is 0. The van der Waals surface area contributed by atoms with Crippen molar-refractivity contribution in [2.45, 2.75) is 45.1 Å². The number of carbonyl (C=O) groups is 2. The fraction of sp³-hybridized carbons (Fsp3) is 0.867. The van der Waals surface area contributed by atoms with Crippen molar-refractivity contribution in [3.8, 4) is 0 Å². The molecule has 0 aromatic rings. The number of carboxylic acid groups (broad SMARTS) is 1. The number of piperidine rings is 2. The minimum atomic E-state index is -0.797. The second-order valence-electron chi connectivity index (χ2n) is 6.34. The van der Waals surface area contributed by atoms with Crippen LogP contribution < -0.4 is 5.32 Å². The van der Waals surface area contributed by atoms with Crippen molar-refractivity contribution in [2.75, 3.05) is 32.7 Å². The summed E-state index contributed by atoms with van der Waals surface area (Å²) in [6.45, 7) is 6.12. The fourth-order valence-electron chi connectivity index (χ4n) is 3.24. The van der Waals surface area contributed by atoms with E-state index in [0.717, 1.165) is 26.1 Å². The van der Waals surface area contributed by atoms with Gasteiger partial charge in [-0.2, -0.15) is 0 Å². The lowest BCUT2D eigenvalue weighted by molar-refractivity contribution is -0.143. The Labute approximate surface area is 126 Å². The van der Waals surface area contributed by atoms with Gasteiger partial charge in [-0.15, -0.1) is 0 Å². The number of nitrogens with one attached hydrogen (secondary N) is 1. The summed E-state index contributed by atoms with van der Waals surface area (Å²) in [6, 6.07) is -0.0220. The summed E-state index contributed by atoms with van der Waals surface area (Å²) < 4.78 is 0. The molecule has 0 aromatic carbocycles. The molecule has 0 aromatic heterocycles. The predicted molar refractivity (Wildman–Crippen MR) is 80.2 cm³/mol. The molecule has 21 heavy (non-hydrogen) atoms. The van der Waals surface area contributed by atoms with Gasteiger partial charge in [-0.05, 0) is 45.7 Å². The first-order chi connectivity index (χ1) is 10.1. The van der Waals surface area contributed by atoms with E-state index in [0.29, 0.717) is 19.5 Å². The first-order valence-corrected chi connectivity index (χ1v) is 8.07. The Balaban J connectivity index is 1.75. The maximum absolute atomic E-state index is 12.2. The second-order valence-corrected chi connectivity index (χ2v) is 6.34. The molecular formula is C15H27N3O3. The third-order valence-electron chi connectivity index (χ3n) is 4.41. The van der Waals surface area contributed by atoms with Gasteiger partial charge >= 0.3 is 12.0 Å². The van der Waals surface area contributed by atoms with Gasteiger partial charge < -0.3 is 20.2 Å². The molecule has 2 aliphatic rings. The molecule has 6 nitrogen and oxygen atoms in total. The van der Waals surface area contributed by atoms with Crippen molar-refractivity contribution in [3.05, 3.63) is 0 Å². The van der Waals surface area contributed by atoms with Crippen LogP contribution in [0.5, 0.6) is 0 Å². The van der Waals surface area contributed by atoms with Gasteiger partial charge in [0.15, 0.2) is 0 Å². The van der Waals surface area contributed by atoms with Crippen molar-refractivity contribution >= 4 is 12.0 Å². The first-order valence-electron chi connectivity index (χ1n) is 8.07. The molecule has 2 atom stereocenters. The maximum Gasteiger partial charge on any atom is 0.317 e. The molecule has 120 valence electrons. The largest absolute Gasteiger partial charge is 0.481 e. The van der Waals surface area contributed by atoms with E-state index in [9.17, 15) is 9.59 Å². The van der Waals surface area contributed by atoms with Crippen LogP contribution in [0.15, 0.2) is 0 Å². The average molecular weight is 297 g/mol. The van der Waals surface area contributed by atoms with Crippen molar-refractivity contribution in [3.63, 3.8) is 0 Å². The Kier molecular flexibility index (Phi) is 5.85. The van der Waals surface area contributed by atoms with Crippen LogP contribution >= 0.6 is 0 Å². The second kappa shape index (κ2) is 7.64. The summed E-state index contributed by atoms with van der Waals surface area (Å²) in [5.74, 6) is -1.21. The Morgan fingerprint density at radius 3 is 2.57 bits per heavy atom. The highest BCUT2D eigenvalue weighted by Gasteiger charge is 2.28. The number of likely N-dealkylation sites (tertiary alicyclic amines) is 2. The van der Waals surface area contributed by atoms with Crippen molar-refractivity contribution in [1.82, 2.24) is 15.1 Å². The highest BCUT2D eigenvalue weighted by atomic mass is 16.4. The van der Waals surface area contributed by atoms with Crippen molar-refractivity contribution in [1.29, 1.82) is 0 Å². The van der Waals surface area contributed by atoms with Gasteiger partial charge in [0.25, 0.3) is 0 Å². The maximum atomic E-state index is 12.2. The highest BCUT2D eigenvalue weighted by molar-refractivity contribution is 5.76. The molecule has 0 radical (unpaired) electrons. The Hall–Kier alpha value is -1.30. The predicted octanol–water partition coefficient (Wildman–Crippen LogP) is 1.37. The lowest BCUT2D eigenvalue weighted by Gasteiger charge is -2.33. The molecule has 0 aliphatic carbocycles. The molecule has 0 saturated carbocycles. The number of amides is 2. The van der Waals surface area contributed by atoms with Crippen LogP contribution in [-0.4, -0.2) is 65.7 Å². The van der Waals surface area contributed by atoms with Crippen LogP contribution in [0.25, 0.3) is 0 Å². The van der Waals surface area contributed by atoms with Crippen molar-refractivity contribution < 1.29 is 14.7 Å². The Morgan fingerprint density at radius 1 is 1.19 bits per heavy atom. The van der Waals surface area contributed by atoms with Crippen LogP contribution in [0.4, 0.5) is 4.79 Å². The number of hydrogen-bond donors (Lipinski definition) is 2. The van der Waals surface area contributed by atoms with Gasteiger partial charge in [-0.1, -0.05) is 6.42 Å². The lowest BCUT2D eigenvalue weighted by atomic mass is 9.99. The fourth-order valence-corrected chi connectivity index (χ4v) is 3.24. The number of nitrogens with zero attached hydrogens (tertiary/aromatic N) is 2. The van der Waals surface area contributed by atoms with Crippen LogP contribution in [0.3, 0.4) is 0 Å². The number of rotatable bonds is 4. The van der Waals surface area contributed by atoms with Crippen LogP contribution in [-0.2, 0) is 4.79 Å². The molecule has 2 aliphatic heterocycles. The van der Waals surface area contributed by atoms with E-state index in [1.807, 2.05) is 6.92 Å². The van der Waals surface area contributed by atoms with Gasteiger partial charge in [0.2, 0.25) is 0 Å². The number of carboxylic acids is 1. The zero-order chi connectivity index (χ0) is 15.2. The zero-order valence-corrected chi connectivity index (χ0v) is 12.9. The third kappa shape index (κ3) is 4.88. The third-order valence-corrected chi connectivity index (χ3v) is 4.41. The Morgan fingerprint density at radius 2 is 1.90 bits per heavy atom. The standard InChI is InChI=1S/C15H27N3O3/c1-12(10-17-7-3-2-4-8-17)16-15(21)18-9-5-6-13(11-18)14(19)20/h12-13H,2-11H2,1H3,(H,16,21)(H,19,20). The minimum Gasteiger partial charge on any atom is -0.481 e. The SMILES string of the molecule is CC(CN1CCCCC1)NC(=O)N1CCCC(C(=O)O)C1. The van der Waals surface area contributed by atoms with Gasteiger partial charge in [-0.3, -0.25) is 4.79 Å².